The second-order valence-corrected chi connectivity index (χ2v) is 7.02. The summed E-state index contributed by atoms with van der Waals surface area (Å²) < 4.78 is 37.0. The molecule has 0 aromatic carbocycles. The van der Waals surface area contributed by atoms with E-state index < -0.39 is 12.1 Å². The molecule has 7 heteroatoms. The van der Waals surface area contributed by atoms with Gasteiger partial charge in [0, 0.05) is 25.6 Å². The maximum atomic E-state index is 12.3. The van der Waals surface area contributed by atoms with E-state index in [0.29, 0.717) is 6.54 Å². The number of carbonyl (C=O) groups is 2. The minimum absolute atomic E-state index is 0.0155. The molecule has 128 valence electrons. The average molecular weight is 322 g/mol. The second kappa shape index (κ2) is 7.33. The number of alkyl halides is 3. The number of likely N-dealkylation sites (tertiary alicyclic amines) is 1. The van der Waals surface area contributed by atoms with Gasteiger partial charge in [0.1, 0.15) is 0 Å². The number of nitrogens with zero attached hydrogens (tertiary/aromatic N) is 1. The second-order valence-electron chi connectivity index (χ2n) is 7.02. The van der Waals surface area contributed by atoms with Crippen LogP contribution in [0.2, 0.25) is 0 Å². The molecule has 1 N–H and O–H groups in total. The summed E-state index contributed by atoms with van der Waals surface area (Å²) >= 11 is 0. The number of carbonyl (C=O) groups excluding carboxylic acids is 2. The van der Waals surface area contributed by atoms with Gasteiger partial charge >= 0.3 is 12.1 Å². The molecule has 0 aliphatic carbocycles. The highest BCUT2D eigenvalue weighted by molar-refractivity contribution is 5.83. The summed E-state index contributed by atoms with van der Waals surface area (Å²) in [4.78, 5) is 23.8. The van der Waals surface area contributed by atoms with Gasteiger partial charge in [-0.25, -0.2) is 0 Å². The highest BCUT2D eigenvalue weighted by Gasteiger charge is 2.43. The van der Waals surface area contributed by atoms with Gasteiger partial charge in [0.25, 0.3) is 0 Å². The summed E-state index contributed by atoms with van der Waals surface area (Å²) in [7, 11) is 0. The van der Waals surface area contributed by atoms with E-state index >= 15 is 0 Å². The summed E-state index contributed by atoms with van der Waals surface area (Å²) in [6.45, 7) is 6.93. The molecule has 0 unspecified atom stereocenters. The smallest absolute Gasteiger partial charge is 0.356 e. The molecule has 4 nitrogen and oxygen atoms in total. The van der Waals surface area contributed by atoms with Gasteiger partial charge in [-0.05, 0) is 31.1 Å². The molecule has 22 heavy (non-hydrogen) atoms. The van der Waals surface area contributed by atoms with Crippen molar-refractivity contribution in [3.8, 4) is 0 Å². The molecular formula is C15H25F3N2O2. The fraction of sp³-hybridized carbons (Fsp3) is 0.867. The highest BCUT2D eigenvalue weighted by atomic mass is 19.4. The zero-order chi connectivity index (χ0) is 17.0. The van der Waals surface area contributed by atoms with Gasteiger partial charge in [0.15, 0.2) is 0 Å². The normalized spacial score (nSPS) is 17.5. The molecule has 0 spiro atoms. The Morgan fingerprint density at radius 1 is 1.14 bits per heavy atom. The van der Waals surface area contributed by atoms with Gasteiger partial charge in [-0.2, -0.15) is 13.2 Å². The number of amides is 2. The first-order valence-electron chi connectivity index (χ1n) is 7.64. The van der Waals surface area contributed by atoms with Crippen molar-refractivity contribution in [2.75, 3.05) is 19.6 Å². The fourth-order valence-corrected chi connectivity index (χ4v) is 2.50. The van der Waals surface area contributed by atoms with Gasteiger partial charge in [0.05, 0.1) is 0 Å². The standard InChI is InChI=1S/C15H25F3N2O2/c1-14(2,3)7-4-8-19-12(21)11-5-9-20(10-6-11)13(22)15(16,17)18/h11H,4-10H2,1-3H3,(H,19,21). The maximum absolute atomic E-state index is 12.3. The van der Waals surface area contributed by atoms with E-state index in [9.17, 15) is 22.8 Å². The van der Waals surface area contributed by atoms with Crippen molar-refractivity contribution in [1.82, 2.24) is 10.2 Å². The van der Waals surface area contributed by atoms with Crippen LogP contribution < -0.4 is 5.32 Å². The van der Waals surface area contributed by atoms with E-state index in [0.717, 1.165) is 17.7 Å². The minimum atomic E-state index is -4.83. The first-order valence-corrected chi connectivity index (χ1v) is 7.64. The van der Waals surface area contributed by atoms with E-state index in [1.807, 2.05) is 0 Å². The lowest BCUT2D eigenvalue weighted by Gasteiger charge is -2.31. The Morgan fingerprint density at radius 2 is 1.68 bits per heavy atom. The van der Waals surface area contributed by atoms with Crippen molar-refractivity contribution in [1.29, 1.82) is 0 Å². The lowest BCUT2D eigenvalue weighted by Crippen LogP contribution is -2.47. The average Bonchev–Trinajstić information content (AvgIpc) is 2.40. The first-order chi connectivity index (χ1) is 10.0. The van der Waals surface area contributed by atoms with Crippen LogP contribution in [0.15, 0.2) is 0 Å². The Bertz CT molecular complexity index is 395. The predicted octanol–water partition coefficient (Wildman–Crippen LogP) is 2.73. The molecule has 0 bridgehead atoms. The van der Waals surface area contributed by atoms with Crippen molar-refractivity contribution in [3.63, 3.8) is 0 Å². The zero-order valence-corrected chi connectivity index (χ0v) is 13.4. The van der Waals surface area contributed by atoms with Crippen molar-refractivity contribution in [2.45, 2.75) is 52.6 Å². The molecule has 1 aliphatic rings. The molecule has 0 aromatic rings. The molecule has 1 heterocycles. The van der Waals surface area contributed by atoms with Crippen LogP contribution >= 0.6 is 0 Å². The molecule has 1 aliphatic heterocycles. The molecule has 2 amide bonds. The third-order valence-electron chi connectivity index (χ3n) is 3.80. The van der Waals surface area contributed by atoms with E-state index in [2.05, 4.69) is 26.1 Å². The summed E-state index contributed by atoms with van der Waals surface area (Å²) in [5, 5.41) is 2.83. The number of hydrogen-bond acceptors (Lipinski definition) is 2. The topological polar surface area (TPSA) is 49.4 Å². The van der Waals surface area contributed by atoms with Crippen molar-refractivity contribution in [2.24, 2.45) is 11.3 Å². The molecule has 1 fully saturated rings. The van der Waals surface area contributed by atoms with Gasteiger partial charge in [0.2, 0.25) is 5.91 Å². The molecule has 1 saturated heterocycles. The minimum Gasteiger partial charge on any atom is -0.356 e. The van der Waals surface area contributed by atoms with Gasteiger partial charge in [-0.3, -0.25) is 9.59 Å². The molecular weight excluding hydrogens is 297 g/mol. The molecule has 0 atom stereocenters. The van der Waals surface area contributed by atoms with Gasteiger partial charge < -0.3 is 10.2 Å². The number of nitrogens with one attached hydrogen (secondary N) is 1. The third-order valence-corrected chi connectivity index (χ3v) is 3.80. The molecule has 0 radical (unpaired) electrons. The lowest BCUT2D eigenvalue weighted by molar-refractivity contribution is -0.186. The van der Waals surface area contributed by atoms with Crippen LogP contribution in [0.25, 0.3) is 0 Å². The Hall–Kier alpha value is -1.27. The highest BCUT2D eigenvalue weighted by Crippen LogP contribution is 2.24. The van der Waals surface area contributed by atoms with Gasteiger partial charge in [-0.1, -0.05) is 20.8 Å². The quantitative estimate of drug-likeness (QED) is 0.809. The fourth-order valence-electron chi connectivity index (χ4n) is 2.50. The molecule has 1 rings (SSSR count). The number of halogens is 3. The number of hydrogen-bond donors (Lipinski definition) is 1. The predicted molar refractivity (Wildman–Crippen MR) is 77.1 cm³/mol. The van der Waals surface area contributed by atoms with E-state index in [1.165, 1.54) is 0 Å². The first kappa shape index (κ1) is 18.8. The monoisotopic (exact) mass is 322 g/mol. The summed E-state index contributed by atoms with van der Waals surface area (Å²) in [6, 6.07) is 0. The van der Waals surface area contributed by atoms with Gasteiger partial charge in [-0.15, -0.1) is 0 Å². The van der Waals surface area contributed by atoms with Crippen molar-refractivity contribution < 1.29 is 22.8 Å². The SMILES string of the molecule is CC(C)(C)CCCNC(=O)C1CCN(C(=O)C(F)(F)F)CC1. The number of piperidine rings is 1. The summed E-state index contributed by atoms with van der Waals surface area (Å²) in [5.41, 5.74) is 0.216. The zero-order valence-electron chi connectivity index (χ0n) is 13.4. The Balaban J connectivity index is 2.30. The number of rotatable bonds is 4. The van der Waals surface area contributed by atoms with Crippen LogP contribution in [0.1, 0.15) is 46.5 Å². The van der Waals surface area contributed by atoms with E-state index in [1.54, 1.807) is 0 Å². The summed E-state index contributed by atoms with van der Waals surface area (Å²) in [6.07, 6.45) is -2.39. The molecule has 0 saturated carbocycles. The Morgan fingerprint density at radius 3 is 2.14 bits per heavy atom. The van der Waals surface area contributed by atoms with Crippen LogP contribution in [0.3, 0.4) is 0 Å². The summed E-state index contributed by atoms with van der Waals surface area (Å²) in [5.74, 6) is -2.23. The molecule has 0 aromatic heterocycles. The van der Waals surface area contributed by atoms with E-state index in [-0.39, 0.29) is 43.2 Å². The van der Waals surface area contributed by atoms with Crippen LogP contribution in [-0.4, -0.2) is 42.5 Å². The lowest BCUT2D eigenvalue weighted by atomic mass is 9.90. The van der Waals surface area contributed by atoms with Crippen LogP contribution in [-0.2, 0) is 9.59 Å². The van der Waals surface area contributed by atoms with Crippen molar-refractivity contribution in [3.05, 3.63) is 0 Å². The van der Waals surface area contributed by atoms with Crippen LogP contribution in [0.4, 0.5) is 13.2 Å². The van der Waals surface area contributed by atoms with Crippen molar-refractivity contribution >= 4 is 11.8 Å². The van der Waals surface area contributed by atoms with E-state index in [4.69, 9.17) is 0 Å². The van der Waals surface area contributed by atoms with Crippen LogP contribution in [0, 0.1) is 11.3 Å². The van der Waals surface area contributed by atoms with Crippen LogP contribution in [0.5, 0.6) is 0 Å². The third kappa shape index (κ3) is 6.23. The Labute approximate surface area is 129 Å². The largest absolute Gasteiger partial charge is 0.471 e. The Kier molecular flexibility index (Phi) is 6.26. The maximum Gasteiger partial charge on any atom is 0.471 e.